The van der Waals surface area contributed by atoms with Crippen LogP contribution in [0.15, 0.2) is 22.6 Å². The number of nitrogens with two attached hydrogens (primary N) is 1. The molecule has 1 aromatic heterocycles. The first-order valence-electron chi connectivity index (χ1n) is 7.64. The van der Waals surface area contributed by atoms with Crippen molar-refractivity contribution < 1.29 is 9.21 Å². The number of nitrogens with zero attached hydrogens (tertiary/aromatic N) is 1. The highest BCUT2D eigenvalue weighted by molar-refractivity contribution is 5.97. The number of furan rings is 1. The third kappa shape index (κ3) is 2.56. The Kier molecular flexibility index (Phi) is 3.72. The Labute approximate surface area is 124 Å². The first kappa shape index (κ1) is 14.1. The van der Waals surface area contributed by atoms with E-state index in [0.717, 1.165) is 36.1 Å². The number of amides is 1. The van der Waals surface area contributed by atoms with Gasteiger partial charge in [0.15, 0.2) is 0 Å². The molecule has 21 heavy (non-hydrogen) atoms. The summed E-state index contributed by atoms with van der Waals surface area (Å²) in [5.74, 6) is 0.691. The molecule has 1 unspecified atom stereocenters. The normalized spacial score (nSPS) is 19.4. The second-order valence-corrected chi connectivity index (χ2v) is 5.96. The van der Waals surface area contributed by atoms with Crippen molar-refractivity contribution in [1.82, 2.24) is 4.90 Å². The lowest BCUT2D eigenvalue weighted by Gasteiger charge is -2.24. The minimum atomic E-state index is -0.388. The molecule has 4 heteroatoms. The molecule has 0 saturated heterocycles. The zero-order valence-corrected chi connectivity index (χ0v) is 12.7. The number of carbonyl (C=O) groups excluding carboxylic acids is 1. The van der Waals surface area contributed by atoms with E-state index in [2.05, 4.69) is 18.9 Å². The lowest BCUT2D eigenvalue weighted by Crippen LogP contribution is -2.33. The average Bonchev–Trinajstić information content (AvgIpc) is 2.72. The summed E-state index contributed by atoms with van der Waals surface area (Å²) < 4.78 is 6.05. The number of fused-ring (bicyclic) bond motifs is 3. The van der Waals surface area contributed by atoms with Crippen molar-refractivity contribution in [3.63, 3.8) is 0 Å². The maximum absolute atomic E-state index is 11.4. The van der Waals surface area contributed by atoms with Crippen LogP contribution in [0, 0.1) is 0 Å². The number of hydrogen-bond donors (Lipinski definition) is 1. The lowest BCUT2D eigenvalue weighted by atomic mass is 10.0. The Bertz CT molecular complexity index is 675. The molecule has 1 amide bonds. The van der Waals surface area contributed by atoms with E-state index in [1.54, 1.807) is 6.07 Å². The quantitative estimate of drug-likeness (QED) is 0.943. The number of hydrogen-bond acceptors (Lipinski definition) is 3. The molecule has 0 spiro atoms. The van der Waals surface area contributed by atoms with Gasteiger partial charge in [-0.15, -0.1) is 0 Å². The Hall–Kier alpha value is -1.81. The monoisotopic (exact) mass is 286 g/mol. The summed E-state index contributed by atoms with van der Waals surface area (Å²) in [5.41, 5.74) is 8.05. The molecule has 0 aliphatic carbocycles. The van der Waals surface area contributed by atoms with Crippen LogP contribution in [0.1, 0.15) is 41.4 Å². The average molecular weight is 286 g/mol. The van der Waals surface area contributed by atoms with Crippen LogP contribution in [0.2, 0.25) is 0 Å². The van der Waals surface area contributed by atoms with Crippen molar-refractivity contribution in [2.24, 2.45) is 5.73 Å². The van der Waals surface area contributed by atoms with Crippen LogP contribution in [-0.4, -0.2) is 30.4 Å². The van der Waals surface area contributed by atoms with Gasteiger partial charge >= 0.3 is 0 Å². The fourth-order valence-corrected chi connectivity index (χ4v) is 3.29. The van der Waals surface area contributed by atoms with Crippen LogP contribution >= 0.6 is 0 Å². The molecule has 0 radical (unpaired) electrons. The molecule has 1 aromatic carbocycles. The summed E-state index contributed by atoms with van der Waals surface area (Å²) in [6.45, 7) is 3.24. The Balaban J connectivity index is 2.04. The van der Waals surface area contributed by atoms with Gasteiger partial charge in [0.25, 0.3) is 0 Å². The van der Waals surface area contributed by atoms with Crippen molar-refractivity contribution in [3.8, 4) is 0 Å². The largest absolute Gasteiger partial charge is 0.461 e. The fraction of sp³-hybridized carbons (Fsp3) is 0.471. The molecule has 1 aliphatic rings. The van der Waals surface area contributed by atoms with E-state index in [9.17, 15) is 4.79 Å². The SMILES string of the molecule is CCCC1Cc2oc3ccc(C(N)=O)cc3c2CCN1C. The van der Waals surface area contributed by atoms with Crippen molar-refractivity contribution in [1.29, 1.82) is 0 Å². The van der Waals surface area contributed by atoms with E-state index >= 15 is 0 Å². The van der Waals surface area contributed by atoms with Gasteiger partial charge in [0.2, 0.25) is 5.91 Å². The molecule has 2 N–H and O–H groups in total. The number of rotatable bonds is 3. The van der Waals surface area contributed by atoms with Crippen LogP contribution in [0.25, 0.3) is 11.0 Å². The highest BCUT2D eigenvalue weighted by Crippen LogP contribution is 2.31. The molecule has 3 rings (SSSR count). The molecule has 0 saturated carbocycles. The summed E-state index contributed by atoms with van der Waals surface area (Å²) in [6.07, 6.45) is 4.26. The molecular formula is C17H22N2O2. The van der Waals surface area contributed by atoms with Crippen LogP contribution < -0.4 is 5.73 Å². The molecular weight excluding hydrogens is 264 g/mol. The zero-order chi connectivity index (χ0) is 15.0. The predicted molar refractivity (Wildman–Crippen MR) is 83.5 cm³/mol. The van der Waals surface area contributed by atoms with E-state index in [1.807, 2.05) is 12.1 Å². The minimum absolute atomic E-state index is 0.388. The molecule has 2 heterocycles. The van der Waals surface area contributed by atoms with E-state index in [0.29, 0.717) is 11.6 Å². The molecule has 1 atom stereocenters. The van der Waals surface area contributed by atoms with Gasteiger partial charge in [-0.1, -0.05) is 13.3 Å². The van der Waals surface area contributed by atoms with Gasteiger partial charge in [0, 0.05) is 35.5 Å². The molecule has 0 fully saturated rings. The van der Waals surface area contributed by atoms with Crippen molar-refractivity contribution in [2.45, 2.75) is 38.6 Å². The smallest absolute Gasteiger partial charge is 0.248 e. The van der Waals surface area contributed by atoms with Gasteiger partial charge in [-0.3, -0.25) is 4.79 Å². The maximum atomic E-state index is 11.4. The Morgan fingerprint density at radius 3 is 3.00 bits per heavy atom. The molecule has 2 aromatic rings. The lowest BCUT2D eigenvalue weighted by molar-refractivity contribution is 0.100. The van der Waals surface area contributed by atoms with Gasteiger partial charge in [-0.2, -0.15) is 0 Å². The van der Waals surface area contributed by atoms with Gasteiger partial charge in [0.1, 0.15) is 11.3 Å². The number of primary amides is 1. The highest BCUT2D eigenvalue weighted by atomic mass is 16.3. The van der Waals surface area contributed by atoms with Crippen LogP contribution in [0.5, 0.6) is 0 Å². The van der Waals surface area contributed by atoms with Crippen LogP contribution in [0.4, 0.5) is 0 Å². The second-order valence-electron chi connectivity index (χ2n) is 5.96. The molecule has 112 valence electrons. The number of benzene rings is 1. The van der Waals surface area contributed by atoms with Crippen molar-refractivity contribution >= 4 is 16.9 Å². The summed E-state index contributed by atoms with van der Waals surface area (Å²) in [5, 5.41) is 1.05. The first-order chi connectivity index (χ1) is 10.1. The number of likely N-dealkylation sites (N-methyl/N-ethyl adjacent to an activating group) is 1. The third-order valence-corrected chi connectivity index (χ3v) is 4.54. The topological polar surface area (TPSA) is 59.5 Å². The Morgan fingerprint density at radius 1 is 1.48 bits per heavy atom. The summed E-state index contributed by atoms with van der Waals surface area (Å²) in [4.78, 5) is 13.8. The molecule has 0 bridgehead atoms. The van der Waals surface area contributed by atoms with Crippen LogP contribution in [0.3, 0.4) is 0 Å². The Morgan fingerprint density at radius 2 is 2.29 bits per heavy atom. The van der Waals surface area contributed by atoms with Crippen molar-refractivity contribution in [3.05, 3.63) is 35.1 Å². The third-order valence-electron chi connectivity index (χ3n) is 4.54. The summed E-state index contributed by atoms with van der Waals surface area (Å²) >= 11 is 0. The maximum Gasteiger partial charge on any atom is 0.248 e. The van der Waals surface area contributed by atoms with Gasteiger partial charge in [-0.05, 0) is 38.1 Å². The predicted octanol–water partition coefficient (Wildman–Crippen LogP) is 2.73. The van der Waals surface area contributed by atoms with E-state index in [1.165, 1.54) is 18.4 Å². The van der Waals surface area contributed by atoms with Crippen LogP contribution in [-0.2, 0) is 12.8 Å². The van der Waals surface area contributed by atoms with E-state index in [4.69, 9.17) is 10.2 Å². The highest BCUT2D eigenvalue weighted by Gasteiger charge is 2.25. The minimum Gasteiger partial charge on any atom is -0.461 e. The molecule has 4 nitrogen and oxygen atoms in total. The first-order valence-corrected chi connectivity index (χ1v) is 7.64. The standard InChI is InChI=1S/C17H22N2O2/c1-3-4-12-10-16-13(7-8-19(12)2)14-9-11(17(18)20)5-6-15(14)21-16/h5-6,9,12H,3-4,7-8,10H2,1-2H3,(H2,18,20). The fourth-order valence-electron chi connectivity index (χ4n) is 3.29. The zero-order valence-electron chi connectivity index (χ0n) is 12.7. The van der Waals surface area contributed by atoms with Gasteiger partial charge < -0.3 is 15.1 Å². The van der Waals surface area contributed by atoms with Crippen molar-refractivity contribution in [2.75, 3.05) is 13.6 Å². The summed E-state index contributed by atoms with van der Waals surface area (Å²) in [6, 6.07) is 6.01. The van der Waals surface area contributed by atoms with Gasteiger partial charge in [0.05, 0.1) is 0 Å². The number of carbonyl (C=O) groups is 1. The van der Waals surface area contributed by atoms with E-state index in [-0.39, 0.29) is 5.91 Å². The van der Waals surface area contributed by atoms with E-state index < -0.39 is 0 Å². The summed E-state index contributed by atoms with van der Waals surface area (Å²) in [7, 11) is 2.18. The second kappa shape index (κ2) is 5.53. The molecule has 1 aliphatic heterocycles. The van der Waals surface area contributed by atoms with Gasteiger partial charge in [-0.25, -0.2) is 0 Å².